The second-order valence-electron chi connectivity index (χ2n) is 3.31. The molecule has 0 atom stereocenters. The molecule has 2 heterocycles. The molecule has 0 aromatic carbocycles. The Hall–Kier alpha value is -1.76. The number of hydrogen-bond donors (Lipinski definition) is 1. The lowest BCUT2D eigenvalue weighted by Gasteiger charge is -1.98. The number of aryl methyl sites for hydroxylation is 2. The van der Waals surface area contributed by atoms with Crippen molar-refractivity contribution in [3.8, 4) is 0 Å². The van der Waals surface area contributed by atoms with Gasteiger partial charge in [0.25, 0.3) is 0 Å². The fourth-order valence-electron chi connectivity index (χ4n) is 1.34. The van der Waals surface area contributed by atoms with Crippen molar-refractivity contribution >= 4 is 17.3 Å². The molecule has 0 amide bonds. The molecule has 0 aliphatic carbocycles. The molecule has 0 aliphatic heterocycles. The summed E-state index contributed by atoms with van der Waals surface area (Å²) in [7, 11) is 0. The predicted molar refractivity (Wildman–Crippen MR) is 57.7 cm³/mol. The molecule has 1 N–H and O–H groups in total. The van der Waals surface area contributed by atoms with Crippen LogP contribution in [0.5, 0.6) is 0 Å². The van der Waals surface area contributed by atoms with Crippen LogP contribution in [0.4, 0.5) is 0 Å². The number of carbonyl (C=O) groups is 1. The molecule has 2 aromatic rings. The van der Waals surface area contributed by atoms with Gasteiger partial charge in [-0.15, -0.1) is 11.3 Å². The lowest BCUT2D eigenvalue weighted by atomic mass is 10.5. The van der Waals surface area contributed by atoms with Gasteiger partial charge in [-0.3, -0.25) is 0 Å². The Kier molecular flexibility index (Phi) is 2.69. The molecule has 0 radical (unpaired) electrons. The molecule has 16 heavy (non-hydrogen) atoms. The van der Waals surface area contributed by atoms with E-state index in [2.05, 4.69) is 15.1 Å². The van der Waals surface area contributed by atoms with Crippen molar-refractivity contribution in [1.82, 2.24) is 19.7 Å². The number of carboxylic acid groups (broad SMARTS) is 1. The number of thiazole rings is 1. The Balaban J connectivity index is 2.20. The standard InChI is InChI=1S/C9H10N4O2S/c1-5-10-6(2)13(12-5)3-7-4-16-8(11-7)9(14)15/h4H,3H2,1-2H3,(H,14,15). The van der Waals surface area contributed by atoms with Gasteiger partial charge in [-0.2, -0.15) is 5.10 Å². The third-order valence-electron chi connectivity index (χ3n) is 2.01. The normalized spacial score (nSPS) is 10.6. The zero-order chi connectivity index (χ0) is 11.7. The van der Waals surface area contributed by atoms with E-state index in [0.29, 0.717) is 18.1 Å². The van der Waals surface area contributed by atoms with E-state index >= 15 is 0 Å². The SMILES string of the molecule is Cc1nc(C)n(Cc2csc(C(=O)O)n2)n1. The topological polar surface area (TPSA) is 80.9 Å². The highest BCUT2D eigenvalue weighted by Crippen LogP contribution is 2.11. The first kappa shape index (κ1) is 10.7. The number of rotatable bonds is 3. The highest BCUT2D eigenvalue weighted by Gasteiger charge is 2.10. The monoisotopic (exact) mass is 238 g/mol. The summed E-state index contributed by atoms with van der Waals surface area (Å²) in [6.07, 6.45) is 0. The molecule has 2 aromatic heterocycles. The van der Waals surface area contributed by atoms with Crippen LogP contribution in [0.15, 0.2) is 5.38 Å². The fraction of sp³-hybridized carbons (Fsp3) is 0.333. The minimum absolute atomic E-state index is 0.101. The first-order valence-corrected chi connectivity index (χ1v) is 5.50. The van der Waals surface area contributed by atoms with Crippen LogP contribution < -0.4 is 0 Å². The molecule has 7 heteroatoms. The van der Waals surface area contributed by atoms with Crippen LogP contribution in [-0.2, 0) is 6.54 Å². The molecule has 0 unspecified atom stereocenters. The van der Waals surface area contributed by atoms with E-state index in [9.17, 15) is 4.79 Å². The van der Waals surface area contributed by atoms with Crippen molar-refractivity contribution in [2.45, 2.75) is 20.4 Å². The average Bonchev–Trinajstić information content (AvgIpc) is 2.75. The third-order valence-corrected chi connectivity index (χ3v) is 2.89. The maximum atomic E-state index is 10.7. The van der Waals surface area contributed by atoms with Gasteiger partial charge in [0.2, 0.25) is 5.01 Å². The Bertz CT molecular complexity index is 531. The van der Waals surface area contributed by atoms with Crippen LogP contribution in [0.1, 0.15) is 27.1 Å². The van der Waals surface area contributed by atoms with E-state index in [1.165, 1.54) is 0 Å². The van der Waals surface area contributed by atoms with Gasteiger partial charge in [-0.25, -0.2) is 19.4 Å². The van der Waals surface area contributed by atoms with Gasteiger partial charge in [0.1, 0.15) is 11.6 Å². The number of aromatic carboxylic acids is 1. The predicted octanol–water partition coefficient (Wildman–Crippen LogP) is 1.10. The Morgan fingerprint density at radius 2 is 2.25 bits per heavy atom. The van der Waals surface area contributed by atoms with Crippen molar-refractivity contribution in [1.29, 1.82) is 0 Å². The lowest BCUT2D eigenvalue weighted by Crippen LogP contribution is -2.05. The van der Waals surface area contributed by atoms with E-state index in [-0.39, 0.29) is 5.01 Å². The van der Waals surface area contributed by atoms with E-state index in [1.54, 1.807) is 10.1 Å². The average molecular weight is 238 g/mol. The molecular weight excluding hydrogens is 228 g/mol. The minimum atomic E-state index is -0.997. The summed E-state index contributed by atoms with van der Waals surface area (Å²) < 4.78 is 1.70. The highest BCUT2D eigenvalue weighted by molar-refractivity contribution is 7.11. The van der Waals surface area contributed by atoms with Gasteiger partial charge < -0.3 is 5.11 Å². The molecule has 2 rings (SSSR count). The van der Waals surface area contributed by atoms with Crippen molar-refractivity contribution in [3.05, 3.63) is 27.7 Å². The van der Waals surface area contributed by atoms with Crippen LogP contribution in [0.25, 0.3) is 0 Å². The number of nitrogens with zero attached hydrogens (tertiary/aromatic N) is 4. The summed E-state index contributed by atoms with van der Waals surface area (Å²) in [5, 5.41) is 14.7. The van der Waals surface area contributed by atoms with Crippen LogP contribution in [0.3, 0.4) is 0 Å². The first-order chi connectivity index (χ1) is 7.56. The second kappa shape index (κ2) is 4.01. The minimum Gasteiger partial charge on any atom is -0.476 e. The summed E-state index contributed by atoms with van der Waals surface area (Å²) in [5.74, 6) is 0.497. The van der Waals surface area contributed by atoms with Crippen LogP contribution >= 0.6 is 11.3 Å². The van der Waals surface area contributed by atoms with E-state index < -0.39 is 5.97 Å². The summed E-state index contributed by atoms with van der Waals surface area (Å²) in [5.41, 5.74) is 0.690. The zero-order valence-corrected chi connectivity index (χ0v) is 9.65. The molecule has 0 saturated carbocycles. The maximum absolute atomic E-state index is 10.7. The lowest BCUT2D eigenvalue weighted by molar-refractivity contribution is 0.0696. The van der Waals surface area contributed by atoms with Crippen LogP contribution in [0, 0.1) is 13.8 Å². The zero-order valence-electron chi connectivity index (χ0n) is 8.84. The number of aromatic nitrogens is 4. The van der Waals surface area contributed by atoms with E-state index in [1.807, 2.05) is 13.8 Å². The van der Waals surface area contributed by atoms with E-state index in [0.717, 1.165) is 17.2 Å². The Morgan fingerprint density at radius 1 is 1.50 bits per heavy atom. The largest absolute Gasteiger partial charge is 0.476 e. The van der Waals surface area contributed by atoms with Crippen molar-refractivity contribution < 1.29 is 9.90 Å². The summed E-state index contributed by atoms with van der Waals surface area (Å²) in [6, 6.07) is 0. The molecular formula is C9H10N4O2S. The smallest absolute Gasteiger partial charge is 0.365 e. The molecule has 0 spiro atoms. The van der Waals surface area contributed by atoms with Crippen LogP contribution in [-0.4, -0.2) is 30.8 Å². The van der Waals surface area contributed by atoms with Gasteiger partial charge in [0.15, 0.2) is 0 Å². The Labute approximate surface area is 95.6 Å². The van der Waals surface area contributed by atoms with Gasteiger partial charge in [-0.1, -0.05) is 0 Å². The fourth-order valence-corrected chi connectivity index (χ4v) is 1.99. The molecule has 0 saturated heterocycles. The van der Waals surface area contributed by atoms with Crippen molar-refractivity contribution in [2.24, 2.45) is 0 Å². The van der Waals surface area contributed by atoms with Gasteiger partial charge in [-0.05, 0) is 13.8 Å². The highest BCUT2D eigenvalue weighted by atomic mass is 32.1. The molecule has 84 valence electrons. The molecule has 0 aliphatic rings. The molecule has 6 nitrogen and oxygen atoms in total. The summed E-state index contributed by atoms with van der Waals surface area (Å²) in [6.45, 7) is 4.12. The molecule has 0 bridgehead atoms. The number of carboxylic acids is 1. The first-order valence-electron chi connectivity index (χ1n) is 4.62. The molecule has 0 fully saturated rings. The third kappa shape index (κ3) is 2.08. The second-order valence-corrected chi connectivity index (χ2v) is 4.17. The Morgan fingerprint density at radius 3 is 2.75 bits per heavy atom. The van der Waals surface area contributed by atoms with Gasteiger partial charge >= 0.3 is 5.97 Å². The van der Waals surface area contributed by atoms with Crippen molar-refractivity contribution in [2.75, 3.05) is 0 Å². The van der Waals surface area contributed by atoms with Crippen molar-refractivity contribution in [3.63, 3.8) is 0 Å². The number of hydrogen-bond acceptors (Lipinski definition) is 5. The maximum Gasteiger partial charge on any atom is 0.365 e. The quantitative estimate of drug-likeness (QED) is 0.865. The van der Waals surface area contributed by atoms with Gasteiger partial charge in [0.05, 0.1) is 12.2 Å². The summed E-state index contributed by atoms with van der Waals surface area (Å²) >= 11 is 1.12. The van der Waals surface area contributed by atoms with E-state index in [4.69, 9.17) is 5.11 Å². The van der Waals surface area contributed by atoms with Crippen LogP contribution in [0.2, 0.25) is 0 Å². The van der Waals surface area contributed by atoms with Gasteiger partial charge in [0, 0.05) is 5.38 Å². The summed E-state index contributed by atoms with van der Waals surface area (Å²) in [4.78, 5) is 18.8.